The third kappa shape index (κ3) is 5.15. The van der Waals surface area contributed by atoms with Gasteiger partial charge in [0.15, 0.2) is 9.47 Å². The Morgan fingerprint density at radius 3 is 2.89 bits per heavy atom. The first-order valence-electron chi connectivity index (χ1n) is 8.33. The van der Waals surface area contributed by atoms with Crippen LogP contribution >= 0.6 is 34.4 Å². The largest absolute Gasteiger partial charge is 0.360 e. The quantitative estimate of drug-likeness (QED) is 0.411. The minimum absolute atomic E-state index is 0.0333. The normalized spacial score (nSPS) is 10.6. The SMILES string of the molecule is C=CCN(C(=O)CSc1nnc(NCC)s1)c1nc(-c2ccccc2)cs1. The van der Waals surface area contributed by atoms with Crippen LogP contribution in [0.4, 0.5) is 10.3 Å². The molecule has 0 atom stereocenters. The van der Waals surface area contributed by atoms with Gasteiger partial charge in [0.05, 0.1) is 11.4 Å². The highest BCUT2D eigenvalue weighted by atomic mass is 32.2. The van der Waals surface area contributed by atoms with Gasteiger partial charge in [-0.15, -0.1) is 28.1 Å². The third-order valence-electron chi connectivity index (χ3n) is 3.46. The van der Waals surface area contributed by atoms with Gasteiger partial charge in [-0.3, -0.25) is 9.69 Å². The number of nitrogens with one attached hydrogen (secondary N) is 1. The summed E-state index contributed by atoms with van der Waals surface area (Å²) in [6.45, 7) is 6.97. The average Bonchev–Trinajstić information content (AvgIpc) is 3.35. The molecule has 9 heteroatoms. The maximum Gasteiger partial charge on any atom is 0.239 e. The molecular weight excluding hydrogens is 398 g/mol. The van der Waals surface area contributed by atoms with Crippen molar-refractivity contribution in [2.24, 2.45) is 0 Å². The molecule has 2 aromatic heterocycles. The van der Waals surface area contributed by atoms with Gasteiger partial charge in [0.2, 0.25) is 11.0 Å². The Labute approximate surface area is 170 Å². The van der Waals surface area contributed by atoms with E-state index in [4.69, 9.17) is 0 Å². The second kappa shape index (κ2) is 9.63. The molecule has 2 heterocycles. The van der Waals surface area contributed by atoms with Gasteiger partial charge >= 0.3 is 0 Å². The molecule has 140 valence electrons. The van der Waals surface area contributed by atoms with E-state index in [2.05, 4.69) is 27.1 Å². The number of nitrogens with zero attached hydrogens (tertiary/aromatic N) is 4. The molecule has 1 N–H and O–H groups in total. The first kappa shape index (κ1) is 19.5. The van der Waals surface area contributed by atoms with Crippen molar-refractivity contribution >= 4 is 50.6 Å². The van der Waals surface area contributed by atoms with Crippen LogP contribution in [0.3, 0.4) is 0 Å². The third-order valence-corrected chi connectivity index (χ3v) is 6.32. The van der Waals surface area contributed by atoms with Gasteiger partial charge in [0.25, 0.3) is 0 Å². The summed E-state index contributed by atoms with van der Waals surface area (Å²) in [5, 5.41) is 14.7. The molecule has 0 fully saturated rings. The van der Waals surface area contributed by atoms with Crippen LogP contribution in [0.2, 0.25) is 0 Å². The molecule has 0 saturated carbocycles. The first-order chi connectivity index (χ1) is 13.2. The number of thioether (sulfide) groups is 1. The maximum atomic E-state index is 12.8. The fourth-order valence-electron chi connectivity index (χ4n) is 2.24. The van der Waals surface area contributed by atoms with E-state index in [1.807, 2.05) is 42.6 Å². The van der Waals surface area contributed by atoms with E-state index in [0.29, 0.717) is 11.7 Å². The number of thiazole rings is 1. The minimum atomic E-state index is -0.0333. The van der Waals surface area contributed by atoms with Gasteiger partial charge < -0.3 is 5.32 Å². The fourth-order valence-corrected chi connectivity index (χ4v) is 4.79. The van der Waals surface area contributed by atoms with Crippen molar-refractivity contribution < 1.29 is 4.79 Å². The Morgan fingerprint density at radius 2 is 2.15 bits per heavy atom. The Morgan fingerprint density at radius 1 is 1.33 bits per heavy atom. The smallest absolute Gasteiger partial charge is 0.239 e. The van der Waals surface area contributed by atoms with Crippen molar-refractivity contribution in [2.45, 2.75) is 11.3 Å². The summed E-state index contributed by atoms with van der Waals surface area (Å²) in [6, 6.07) is 9.93. The van der Waals surface area contributed by atoms with Crippen molar-refractivity contribution in [1.82, 2.24) is 15.2 Å². The molecule has 0 aliphatic carbocycles. The van der Waals surface area contributed by atoms with Crippen molar-refractivity contribution in [2.75, 3.05) is 29.1 Å². The van der Waals surface area contributed by atoms with E-state index < -0.39 is 0 Å². The highest BCUT2D eigenvalue weighted by molar-refractivity contribution is 8.01. The number of hydrogen-bond donors (Lipinski definition) is 1. The first-order valence-corrected chi connectivity index (χ1v) is 11.0. The summed E-state index contributed by atoms with van der Waals surface area (Å²) < 4.78 is 0.766. The molecule has 0 aliphatic heterocycles. The van der Waals surface area contributed by atoms with Crippen LogP contribution in [0.5, 0.6) is 0 Å². The molecule has 1 aromatic carbocycles. The summed E-state index contributed by atoms with van der Waals surface area (Å²) in [7, 11) is 0. The lowest BCUT2D eigenvalue weighted by molar-refractivity contribution is -0.116. The number of amides is 1. The molecule has 0 bridgehead atoms. The monoisotopic (exact) mass is 417 g/mol. The number of carbonyl (C=O) groups excluding carboxylic acids is 1. The lowest BCUT2D eigenvalue weighted by Gasteiger charge is -2.17. The van der Waals surface area contributed by atoms with Crippen molar-refractivity contribution in [1.29, 1.82) is 0 Å². The van der Waals surface area contributed by atoms with Gasteiger partial charge in [-0.05, 0) is 6.92 Å². The van der Waals surface area contributed by atoms with Crippen molar-refractivity contribution in [3.63, 3.8) is 0 Å². The maximum absolute atomic E-state index is 12.8. The molecule has 0 spiro atoms. The highest BCUT2D eigenvalue weighted by Crippen LogP contribution is 2.29. The van der Waals surface area contributed by atoms with Gasteiger partial charge in [-0.25, -0.2) is 4.98 Å². The zero-order valence-corrected chi connectivity index (χ0v) is 17.2. The number of anilines is 2. The number of benzene rings is 1. The molecule has 0 aliphatic rings. The molecular formula is C18H19N5OS3. The standard InChI is InChI=1S/C18H19N5OS3/c1-3-10-23(15(24)12-26-18-22-21-16(27-18)19-4-2)17-20-14(11-25-17)13-8-6-5-7-9-13/h3,5-9,11H,1,4,10,12H2,2H3,(H,19,21). The number of carbonyl (C=O) groups is 1. The zero-order chi connectivity index (χ0) is 19.1. The van der Waals surface area contributed by atoms with Crippen LogP contribution in [-0.4, -0.2) is 39.9 Å². The van der Waals surface area contributed by atoms with Crippen LogP contribution in [0.1, 0.15) is 6.92 Å². The van der Waals surface area contributed by atoms with Gasteiger partial charge in [-0.2, -0.15) is 0 Å². The highest BCUT2D eigenvalue weighted by Gasteiger charge is 2.19. The van der Waals surface area contributed by atoms with Crippen LogP contribution in [0, 0.1) is 0 Å². The summed E-state index contributed by atoms with van der Waals surface area (Å²) in [5.41, 5.74) is 1.90. The van der Waals surface area contributed by atoms with Gasteiger partial charge in [0, 0.05) is 24.0 Å². The van der Waals surface area contributed by atoms with Crippen LogP contribution in [-0.2, 0) is 4.79 Å². The molecule has 27 heavy (non-hydrogen) atoms. The topological polar surface area (TPSA) is 71.0 Å². The summed E-state index contributed by atoms with van der Waals surface area (Å²) in [4.78, 5) is 19.0. The molecule has 1 amide bonds. The molecule has 0 unspecified atom stereocenters. The molecule has 6 nitrogen and oxygen atoms in total. The lowest BCUT2D eigenvalue weighted by Crippen LogP contribution is -2.32. The Kier molecular flexibility index (Phi) is 6.97. The second-order valence-corrected chi connectivity index (χ2v) is 8.40. The van der Waals surface area contributed by atoms with E-state index in [0.717, 1.165) is 27.3 Å². The second-order valence-electron chi connectivity index (χ2n) is 5.37. The minimum Gasteiger partial charge on any atom is -0.360 e. The van der Waals surface area contributed by atoms with E-state index in [9.17, 15) is 4.79 Å². The lowest BCUT2D eigenvalue weighted by atomic mass is 10.2. The van der Waals surface area contributed by atoms with E-state index in [1.54, 1.807) is 11.0 Å². The van der Waals surface area contributed by atoms with E-state index in [1.165, 1.54) is 34.4 Å². The Bertz CT molecular complexity index is 893. The van der Waals surface area contributed by atoms with Gasteiger partial charge in [0.1, 0.15) is 0 Å². The van der Waals surface area contributed by atoms with Crippen molar-refractivity contribution in [3.05, 3.63) is 48.4 Å². The molecule has 0 saturated heterocycles. The number of hydrogen-bond acceptors (Lipinski definition) is 8. The van der Waals surface area contributed by atoms with E-state index in [-0.39, 0.29) is 11.7 Å². The predicted octanol–water partition coefficient (Wildman–Crippen LogP) is 4.40. The van der Waals surface area contributed by atoms with Crippen molar-refractivity contribution in [3.8, 4) is 11.3 Å². The molecule has 0 radical (unpaired) electrons. The molecule has 3 aromatic rings. The summed E-state index contributed by atoms with van der Waals surface area (Å²) in [6.07, 6.45) is 1.71. The van der Waals surface area contributed by atoms with Gasteiger partial charge in [-0.1, -0.05) is 59.5 Å². The fraction of sp³-hybridized carbons (Fsp3) is 0.222. The van der Waals surface area contributed by atoms with Crippen LogP contribution < -0.4 is 10.2 Å². The van der Waals surface area contributed by atoms with E-state index >= 15 is 0 Å². The predicted molar refractivity (Wildman–Crippen MR) is 115 cm³/mol. The summed E-state index contributed by atoms with van der Waals surface area (Å²) in [5.74, 6) is 0.239. The Hall–Kier alpha value is -2.23. The number of rotatable bonds is 9. The molecule has 3 rings (SSSR count). The van der Waals surface area contributed by atoms with Crippen LogP contribution in [0.15, 0.2) is 52.7 Å². The summed E-state index contributed by atoms with van der Waals surface area (Å²) >= 11 is 4.29. The number of aromatic nitrogens is 3. The average molecular weight is 418 g/mol. The zero-order valence-electron chi connectivity index (χ0n) is 14.8. The Balaban J connectivity index is 1.68. The van der Waals surface area contributed by atoms with Crippen LogP contribution in [0.25, 0.3) is 11.3 Å².